The number of amides is 2. The Morgan fingerprint density at radius 2 is 1.57 bits per heavy atom. The molecule has 7 nitrogen and oxygen atoms in total. The largest absolute Gasteiger partial charge is 0.291 e. The van der Waals surface area contributed by atoms with Gasteiger partial charge in [-0.2, -0.15) is 8.42 Å². The summed E-state index contributed by atoms with van der Waals surface area (Å²) in [4.78, 5) is 38.4. The maximum Gasteiger partial charge on any atom is 0.287 e. The number of likely N-dealkylation sites (tertiary alicyclic amines) is 1. The van der Waals surface area contributed by atoms with Crippen molar-refractivity contribution in [3.63, 3.8) is 0 Å². The van der Waals surface area contributed by atoms with Crippen LogP contribution in [-0.4, -0.2) is 42.4 Å². The van der Waals surface area contributed by atoms with Crippen molar-refractivity contribution in [2.24, 2.45) is 11.8 Å². The van der Waals surface area contributed by atoms with E-state index in [2.05, 4.69) is 0 Å². The quantitative estimate of drug-likeness (QED) is 0.408. The Hall–Kier alpha value is -2.06. The average molecular weight is 407 g/mol. The molecular weight excluding hydrogens is 382 g/mol. The molecule has 1 saturated carbocycles. The van der Waals surface area contributed by atoms with Gasteiger partial charge in [-0.15, -0.1) is 0 Å². The van der Waals surface area contributed by atoms with Crippen LogP contribution >= 0.6 is 0 Å². The van der Waals surface area contributed by atoms with E-state index in [1.54, 1.807) is 44.2 Å². The van der Waals surface area contributed by atoms with E-state index in [0.717, 1.165) is 11.3 Å². The van der Waals surface area contributed by atoms with Gasteiger partial charge in [-0.05, 0) is 12.8 Å². The van der Waals surface area contributed by atoms with Gasteiger partial charge in [0, 0.05) is 17.4 Å². The van der Waals surface area contributed by atoms with Gasteiger partial charge in [-0.1, -0.05) is 63.4 Å². The van der Waals surface area contributed by atoms with Gasteiger partial charge in [0.1, 0.15) is 0 Å². The Balaban J connectivity index is 1.85. The molecule has 28 heavy (non-hydrogen) atoms. The van der Waals surface area contributed by atoms with E-state index >= 15 is 0 Å². The normalized spacial score (nSPS) is 25.1. The van der Waals surface area contributed by atoms with Gasteiger partial charge in [-0.25, -0.2) is 0 Å². The SMILES string of the molecule is CC1C(=O)N(CS(=O)(=O)OC2(C(=O)c3ccccc3)CCCCC2)C(=O)C1C. The number of imide groups is 1. The third kappa shape index (κ3) is 3.89. The van der Waals surface area contributed by atoms with Gasteiger partial charge in [0.15, 0.2) is 17.3 Å². The van der Waals surface area contributed by atoms with E-state index in [9.17, 15) is 22.8 Å². The molecule has 2 fully saturated rings. The maximum absolute atomic E-state index is 13.1. The Bertz CT molecular complexity index is 853. The molecule has 2 unspecified atom stereocenters. The maximum atomic E-state index is 13.1. The fraction of sp³-hybridized carbons (Fsp3) is 0.550. The van der Waals surface area contributed by atoms with Crippen LogP contribution in [0.25, 0.3) is 0 Å². The first kappa shape index (κ1) is 20.7. The Morgan fingerprint density at radius 3 is 2.11 bits per heavy atom. The summed E-state index contributed by atoms with van der Waals surface area (Å²) in [5.41, 5.74) is -1.10. The fourth-order valence-corrected chi connectivity index (χ4v) is 5.26. The van der Waals surface area contributed by atoms with Crippen molar-refractivity contribution < 1.29 is 27.0 Å². The van der Waals surface area contributed by atoms with Crippen LogP contribution in [0.2, 0.25) is 0 Å². The van der Waals surface area contributed by atoms with Crippen LogP contribution in [0.15, 0.2) is 30.3 Å². The smallest absolute Gasteiger partial charge is 0.287 e. The standard InChI is InChI=1S/C20H25NO6S/c1-14-15(2)19(24)21(18(14)23)13-28(25,26)27-20(11-7-4-8-12-20)17(22)16-9-5-3-6-10-16/h3,5-6,9-10,14-15H,4,7-8,11-13H2,1-2H3. The molecule has 0 spiro atoms. The first-order chi connectivity index (χ1) is 13.2. The molecule has 2 atom stereocenters. The van der Waals surface area contributed by atoms with Crippen LogP contribution in [0.4, 0.5) is 0 Å². The van der Waals surface area contributed by atoms with Crippen molar-refractivity contribution in [1.82, 2.24) is 4.90 Å². The molecular formula is C20H25NO6S. The predicted molar refractivity (Wildman–Crippen MR) is 102 cm³/mol. The van der Waals surface area contributed by atoms with Crippen molar-refractivity contribution in [1.29, 1.82) is 0 Å². The van der Waals surface area contributed by atoms with Crippen molar-refractivity contribution in [3.05, 3.63) is 35.9 Å². The van der Waals surface area contributed by atoms with E-state index in [0.29, 0.717) is 18.4 Å². The monoisotopic (exact) mass is 407 g/mol. The molecule has 2 aliphatic rings. The fourth-order valence-electron chi connectivity index (χ4n) is 3.91. The number of carbonyl (C=O) groups excluding carboxylic acids is 3. The Labute approximate surface area is 165 Å². The number of hydrogen-bond acceptors (Lipinski definition) is 6. The highest BCUT2D eigenvalue weighted by Gasteiger charge is 2.48. The summed E-state index contributed by atoms with van der Waals surface area (Å²) in [7, 11) is -4.33. The molecule has 1 heterocycles. The second kappa shape index (κ2) is 7.75. The van der Waals surface area contributed by atoms with Crippen molar-refractivity contribution in [3.8, 4) is 0 Å². The van der Waals surface area contributed by atoms with E-state index in [4.69, 9.17) is 4.18 Å². The third-order valence-electron chi connectivity index (χ3n) is 5.75. The Kier molecular flexibility index (Phi) is 5.72. The summed E-state index contributed by atoms with van der Waals surface area (Å²) in [6.45, 7) is 3.19. The summed E-state index contributed by atoms with van der Waals surface area (Å²) in [6.07, 6.45) is 2.81. The summed E-state index contributed by atoms with van der Waals surface area (Å²) < 4.78 is 31.0. The number of nitrogens with zero attached hydrogens (tertiary/aromatic N) is 1. The van der Waals surface area contributed by atoms with Gasteiger partial charge >= 0.3 is 0 Å². The number of rotatable bonds is 6. The topological polar surface area (TPSA) is 97.8 Å². The third-order valence-corrected chi connectivity index (χ3v) is 6.89. The molecule has 0 aromatic heterocycles. The Morgan fingerprint density at radius 1 is 1.04 bits per heavy atom. The first-order valence-electron chi connectivity index (χ1n) is 9.55. The van der Waals surface area contributed by atoms with E-state index in [-0.39, 0.29) is 18.6 Å². The highest BCUT2D eigenvalue weighted by molar-refractivity contribution is 7.86. The number of carbonyl (C=O) groups is 3. The lowest BCUT2D eigenvalue weighted by atomic mass is 9.79. The van der Waals surface area contributed by atoms with Gasteiger partial charge < -0.3 is 0 Å². The molecule has 2 amide bonds. The van der Waals surface area contributed by atoms with Crippen molar-refractivity contribution in [2.45, 2.75) is 51.6 Å². The van der Waals surface area contributed by atoms with Crippen molar-refractivity contribution >= 4 is 27.7 Å². The zero-order chi connectivity index (χ0) is 20.5. The zero-order valence-electron chi connectivity index (χ0n) is 16.1. The van der Waals surface area contributed by atoms with Gasteiger partial charge in [0.05, 0.1) is 0 Å². The summed E-state index contributed by atoms with van der Waals surface area (Å²) >= 11 is 0. The van der Waals surface area contributed by atoms with Gasteiger partial charge in [0.25, 0.3) is 10.1 Å². The molecule has 1 aromatic carbocycles. The number of benzene rings is 1. The molecule has 0 bridgehead atoms. The molecule has 1 saturated heterocycles. The minimum atomic E-state index is -4.33. The van der Waals surface area contributed by atoms with E-state index in [1.165, 1.54) is 0 Å². The lowest BCUT2D eigenvalue weighted by Gasteiger charge is -2.35. The number of hydrogen-bond donors (Lipinski definition) is 0. The molecule has 1 aromatic rings. The number of ketones is 1. The lowest BCUT2D eigenvalue weighted by Crippen LogP contribution is -2.47. The highest BCUT2D eigenvalue weighted by Crippen LogP contribution is 2.37. The van der Waals surface area contributed by atoms with Crippen molar-refractivity contribution in [2.75, 3.05) is 5.88 Å². The van der Waals surface area contributed by atoms with Crippen LogP contribution in [-0.2, 0) is 23.9 Å². The van der Waals surface area contributed by atoms with E-state index in [1.807, 2.05) is 0 Å². The predicted octanol–water partition coefficient (Wildman–Crippen LogP) is 2.52. The summed E-state index contributed by atoms with van der Waals surface area (Å²) in [5, 5.41) is 0. The second-order valence-corrected chi connectivity index (χ2v) is 9.24. The molecule has 0 radical (unpaired) electrons. The van der Waals surface area contributed by atoms with Crippen LogP contribution in [0.5, 0.6) is 0 Å². The minimum absolute atomic E-state index is 0.286. The van der Waals surface area contributed by atoms with Gasteiger partial charge in [-0.3, -0.25) is 23.5 Å². The molecule has 3 rings (SSSR count). The summed E-state index contributed by atoms with van der Waals surface area (Å²) in [6, 6.07) is 8.46. The molecule has 8 heteroatoms. The molecule has 0 N–H and O–H groups in total. The minimum Gasteiger partial charge on any atom is -0.291 e. The second-order valence-electron chi connectivity index (χ2n) is 7.70. The van der Waals surface area contributed by atoms with E-state index < -0.39 is 45.2 Å². The van der Waals surface area contributed by atoms with Crippen LogP contribution in [0.3, 0.4) is 0 Å². The first-order valence-corrected chi connectivity index (χ1v) is 11.1. The molecule has 152 valence electrons. The average Bonchev–Trinajstić information content (AvgIpc) is 2.86. The zero-order valence-corrected chi connectivity index (χ0v) is 16.9. The lowest BCUT2D eigenvalue weighted by molar-refractivity contribution is -0.138. The molecule has 1 aliphatic carbocycles. The van der Waals surface area contributed by atoms with Gasteiger partial charge in [0.2, 0.25) is 11.8 Å². The number of Topliss-reactive ketones (excluding diaryl/α,β-unsaturated/α-hetero) is 1. The highest BCUT2D eigenvalue weighted by atomic mass is 32.2. The van der Waals surface area contributed by atoms with Crippen LogP contribution in [0.1, 0.15) is 56.3 Å². The summed E-state index contributed by atoms with van der Waals surface area (Å²) in [5.74, 6) is -3.44. The molecule has 1 aliphatic heterocycles. The van der Waals surface area contributed by atoms with Crippen LogP contribution in [0, 0.1) is 11.8 Å². The van der Waals surface area contributed by atoms with Crippen LogP contribution < -0.4 is 0 Å².